The Balaban J connectivity index is 1.88. The molecule has 4 bridgehead atoms. The highest BCUT2D eigenvalue weighted by Gasteiger charge is 2.56. The van der Waals surface area contributed by atoms with E-state index in [2.05, 4.69) is 13.8 Å². The van der Waals surface area contributed by atoms with E-state index in [-0.39, 0.29) is 0 Å². The zero-order chi connectivity index (χ0) is 10.5. The van der Waals surface area contributed by atoms with E-state index in [9.17, 15) is 0 Å². The van der Waals surface area contributed by atoms with E-state index in [1.54, 1.807) is 38.5 Å². The molecule has 0 heterocycles. The second-order valence-electron chi connectivity index (χ2n) is 7.06. The molecule has 0 radical (unpaired) electrons. The summed E-state index contributed by atoms with van der Waals surface area (Å²) in [6.45, 7) is 4.84. The van der Waals surface area contributed by atoms with Gasteiger partial charge in [-0.1, -0.05) is 26.7 Å². The van der Waals surface area contributed by atoms with Crippen LogP contribution in [0.5, 0.6) is 0 Å². The number of hydrogen-bond acceptors (Lipinski definition) is 0. The molecule has 0 amide bonds. The average molecular weight is 206 g/mol. The molecule has 4 aliphatic carbocycles. The van der Waals surface area contributed by atoms with Gasteiger partial charge in [0.1, 0.15) is 0 Å². The van der Waals surface area contributed by atoms with Crippen LogP contribution >= 0.6 is 0 Å². The molecule has 0 aliphatic heterocycles. The van der Waals surface area contributed by atoms with Gasteiger partial charge >= 0.3 is 0 Å². The summed E-state index contributed by atoms with van der Waals surface area (Å²) in [5, 5.41) is 0. The normalized spacial score (nSPS) is 52.4. The third kappa shape index (κ3) is 1.47. The van der Waals surface area contributed by atoms with E-state index in [1.165, 1.54) is 19.3 Å². The lowest BCUT2D eigenvalue weighted by Crippen LogP contribution is -2.51. The maximum Gasteiger partial charge on any atom is -0.0287 e. The van der Waals surface area contributed by atoms with Crippen molar-refractivity contribution in [2.45, 2.75) is 71.6 Å². The minimum atomic E-state index is 0.805. The van der Waals surface area contributed by atoms with Crippen LogP contribution in [0.1, 0.15) is 71.6 Å². The summed E-state index contributed by atoms with van der Waals surface area (Å²) in [6.07, 6.45) is 14.0. The van der Waals surface area contributed by atoms with Crippen LogP contribution < -0.4 is 0 Å². The molecule has 4 rings (SSSR count). The highest BCUT2D eigenvalue weighted by molar-refractivity contribution is 5.06. The lowest BCUT2D eigenvalue weighted by atomic mass is 9.43. The summed E-state index contributed by atoms with van der Waals surface area (Å²) in [7, 11) is 0. The molecule has 86 valence electrons. The Morgan fingerprint density at radius 1 is 0.933 bits per heavy atom. The second kappa shape index (κ2) is 3.25. The molecule has 0 aromatic heterocycles. The van der Waals surface area contributed by atoms with Crippen LogP contribution in [0.3, 0.4) is 0 Å². The van der Waals surface area contributed by atoms with Gasteiger partial charge in [0.05, 0.1) is 0 Å². The van der Waals surface area contributed by atoms with Crippen molar-refractivity contribution in [3.63, 3.8) is 0 Å². The summed E-state index contributed by atoms with van der Waals surface area (Å²) in [5.74, 6) is 2.25. The number of hydrogen-bond donors (Lipinski definition) is 0. The predicted molar refractivity (Wildman–Crippen MR) is 64.7 cm³/mol. The number of rotatable bonds is 3. The van der Waals surface area contributed by atoms with E-state index < -0.39 is 0 Å². The summed E-state index contributed by atoms with van der Waals surface area (Å²) in [5.41, 5.74) is 1.62. The lowest BCUT2D eigenvalue weighted by molar-refractivity contribution is -0.115. The Morgan fingerprint density at radius 2 is 1.53 bits per heavy atom. The van der Waals surface area contributed by atoms with Crippen LogP contribution in [0.2, 0.25) is 0 Å². The predicted octanol–water partition coefficient (Wildman–Crippen LogP) is 4.78. The zero-order valence-electron chi connectivity index (χ0n) is 10.5. The van der Waals surface area contributed by atoms with Gasteiger partial charge in [0.15, 0.2) is 0 Å². The first-order valence-corrected chi connectivity index (χ1v) is 7.19. The van der Waals surface area contributed by atoms with Crippen molar-refractivity contribution in [1.29, 1.82) is 0 Å². The molecule has 2 atom stereocenters. The van der Waals surface area contributed by atoms with E-state index >= 15 is 0 Å². The van der Waals surface area contributed by atoms with Crippen molar-refractivity contribution in [3.05, 3.63) is 0 Å². The van der Waals surface area contributed by atoms with E-state index in [4.69, 9.17) is 0 Å². The van der Waals surface area contributed by atoms with E-state index in [0.29, 0.717) is 0 Å². The van der Waals surface area contributed by atoms with Crippen LogP contribution in [0.15, 0.2) is 0 Å². The van der Waals surface area contributed by atoms with Crippen molar-refractivity contribution in [2.75, 3.05) is 0 Å². The molecule has 0 aromatic carbocycles. The summed E-state index contributed by atoms with van der Waals surface area (Å²) >= 11 is 0. The van der Waals surface area contributed by atoms with Crippen molar-refractivity contribution in [3.8, 4) is 0 Å². The van der Waals surface area contributed by atoms with Crippen molar-refractivity contribution in [1.82, 2.24) is 0 Å². The third-order valence-electron chi connectivity index (χ3n) is 5.83. The summed E-state index contributed by atoms with van der Waals surface area (Å²) < 4.78 is 0. The Morgan fingerprint density at radius 3 is 2.07 bits per heavy atom. The highest BCUT2D eigenvalue weighted by atomic mass is 14.6. The monoisotopic (exact) mass is 206 g/mol. The molecule has 4 saturated carbocycles. The fourth-order valence-electron chi connectivity index (χ4n) is 5.89. The SMILES string of the molecule is CCCC12CC3CC(CC(CC)(C3)C1)C2. The fourth-order valence-corrected chi connectivity index (χ4v) is 5.89. The van der Waals surface area contributed by atoms with Crippen molar-refractivity contribution < 1.29 is 0 Å². The molecule has 0 heteroatoms. The van der Waals surface area contributed by atoms with Gasteiger partial charge < -0.3 is 0 Å². The zero-order valence-corrected chi connectivity index (χ0v) is 10.5. The van der Waals surface area contributed by atoms with Gasteiger partial charge in [0.25, 0.3) is 0 Å². The minimum Gasteiger partial charge on any atom is -0.0654 e. The lowest BCUT2D eigenvalue weighted by Gasteiger charge is -2.62. The molecule has 15 heavy (non-hydrogen) atoms. The van der Waals surface area contributed by atoms with Crippen molar-refractivity contribution >= 4 is 0 Å². The Bertz CT molecular complexity index is 239. The largest absolute Gasteiger partial charge is 0.0654 e. The van der Waals surface area contributed by atoms with E-state index in [0.717, 1.165) is 22.7 Å². The third-order valence-corrected chi connectivity index (χ3v) is 5.83. The highest BCUT2D eigenvalue weighted by Crippen LogP contribution is 2.67. The van der Waals surface area contributed by atoms with Gasteiger partial charge in [0.2, 0.25) is 0 Å². The average Bonchev–Trinajstić information content (AvgIpc) is 2.15. The molecule has 4 fully saturated rings. The van der Waals surface area contributed by atoms with Gasteiger partial charge in [-0.3, -0.25) is 0 Å². The quantitative estimate of drug-likeness (QED) is 0.623. The van der Waals surface area contributed by atoms with Gasteiger partial charge in [-0.05, 0) is 67.6 Å². The van der Waals surface area contributed by atoms with Crippen molar-refractivity contribution in [2.24, 2.45) is 22.7 Å². The smallest absolute Gasteiger partial charge is 0.0287 e. The molecule has 0 N–H and O–H groups in total. The second-order valence-corrected chi connectivity index (χ2v) is 7.06. The molecule has 0 aromatic rings. The summed E-state index contributed by atoms with van der Waals surface area (Å²) in [4.78, 5) is 0. The van der Waals surface area contributed by atoms with Crippen LogP contribution in [0.25, 0.3) is 0 Å². The molecule has 0 spiro atoms. The van der Waals surface area contributed by atoms with Gasteiger partial charge in [-0.15, -0.1) is 0 Å². The van der Waals surface area contributed by atoms with Gasteiger partial charge in [0, 0.05) is 0 Å². The standard InChI is InChI=1S/C15H26/c1-3-5-15-9-12-6-13(10-15)8-14(4-2,7-12)11-15/h12-13H,3-11H2,1-2H3. The maximum absolute atomic E-state index is 2.45. The molecular formula is C15H26. The fraction of sp³-hybridized carbons (Fsp3) is 1.00. The van der Waals surface area contributed by atoms with E-state index in [1.807, 2.05) is 0 Å². The van der Waals surface area contributed by atoms with Crippen LogP contribution in [-0.4, -0.2) is 0 Å². The molecule has 4 aliphatic rings. The molecule has 2 unspecified atom stereocenters. The topological polar surface area (TPSA) is 0 Å². The molecular weight excluding hydrogens is 180 g/mol. The Kier molecular flexibility index (Phi) is 2.20. The van der Waals surface area contributed by atoms with Crippen LogP contribution in [0, 0.1) is 22.7 Å². The first-order chi connectivity index (χ1) is 7.19. The first-order valence-electron chi connectivity index (χ1n) is 7.19. The summed E-state index contributed by atoms with van der Waals surface area (Å²) in [6, 6.07) is 0. The first kappa shape index (κ1) is 10.2. The minimum absolute atomic E-state index is 0.805. The van der Waals surface area contributed by atoms with Crippen LogP contribution in [-0.2, 0) is 0 Å². The Labute approximate surface area is 94.8 Å². The Hall–Kier alpha value is 0. The van der Waals surface area contributed by atoms with Gasteiger partial charge in [-0.2, -0.15) is 0 Å². The van der Waals surface area contributed by atoms with Crippen LogP contribution in [0.4, 0.5) is 0 Å². The molecule has 0 saturated heterocycles. The molecule has 0 nitrogen and oxygen atoms in total. The maximum atomic E-state index is 2.45. The van der Waals surface area contributed by atoms with Gasteiger partial charge in [-0.25, -0.2) is 0 Å².